The van der Waals surface area contributed by atoms with Gasteiger partial charge in [-0.25, -0.2) is 4.79 Å². The van der Waals surface area contributed by atoms with E-state index in [1.165, 1.54) is 115 Å². The quantitative estimate of drug-likeness (QED) is 0.201. The van der Waals surface area contributed by atoms with E-state index in [-0.39, 0.29) is 5.56 Å². The zero-order valence-corrected chi connectivity index (χ0v) is 19.3. The number of nitrogen functional groups attached to an aromatic ring is 1. The van der Waals surface area contributed by atoms with Crippen molar-refractivity contribution in [1.29, 1.82) is 0 Å². The van der Waals surface area contributed by atoms with Crippen molar-refractivity contribution in [2.75, 3.05) is 5.73 Å². The van der Waals surface area contributed by atoms with Gasteiger partial charge in [0.2, 0.25) is 0 Å². The summed E-state index contributed by atoms with van der Waals surface area (Å²) in [7, 11) is 0. The lowest BCUT2D eigenvalue weighted by Gasteiger charge is -2.03. The number of hydrogen-bond acceptors (Lipinski definition) is 2. The Morgan fingerprint density at radius 3 is 1.21 bits per heavy atom. The summed E-state index contributed by atoms with van der Waals surface area (Å²) < 4.78 is 0. The molecule has 0 amide bonds. The molecule has 1 aromatic carbocycles. The average Bonchev–Trinajstić information content (AvgIpc) is 2.71. The molecule has 0 atom stereocenters. The first-order valence-electron chi connectivity index (χ1n) is 12.2. The number of nitrogens with two attached hydrogens (primary N) is 1. The highest BCUT2D eigenvalue weighted by Crippen LogP contribution is 2.14. The summed E-state index contributed by atoms with van der Waals surface area (Å²) in [6, 6.07) is 6.36. The van der Waals surface area contributed by atoms with Gasteiger partial charge in [-0.15, -0.1) is 0 Å². The number of unbranched alkanes of at least 4 members (excludes halogenated alkanes) is 16. The first-order valence-corrected chi connectivity index (χ1v) is 12.2. The first kappa shape index (κ1) is 27.5. The third-order valence-electron chi connectivity index (χ3n) is 5.40. The van der Waals surface area contributed by atoms with Crippen molar-refractivity contribution in [2.24, 2.45) is 0 Å². The fraction of sp³-hybridized carbons (Fsp3) is 0.731. The van der Waals surface area contributed by atoms with Crippen LogP contribution in [-0.4, -0.2) is 11.1 Å². The number of carboxylic acids is 1. The van der Waals surface area contributed by atoms with Gasteiger partial charge in [0.05, 0.1) is 5.56 Å². The van der Waals surface area contributed by atoms with Gasteiger partial charge in [0.25, 0.3) is 0 Å². The number of carboxylic acid groups (broad SMARTS) is 1. The fourth-order valence-corrected chi connectivity index (χ4v) is 3.49. The van der Waals surface area contributed by atoms with Crippen LogP contribution in [-0.2, 0) is 0 Å². The van der Waals surface area contributed by atoms with Crippen LogP contribution in [0.25, 0.3) is 0 Å². The normalized spacial score (nSPS) is 10.4. The standard InChI is InChI=1S/C19H40.C7H7NO2/c1-3-5-7-9-11-13-15-17-19-18-16-14-12-10-8-6-4-2;8-6-4-2-1-3-5(6)7(9)10/h3-19H2,1-2H3;1-4H,8H2,(H,9,10). The minimum Gasteiger partial charge on any atom is -0.478 e. The highest BCUT2D eigenvalue weighted by atomic mass is 16.4. The molecule has 0 aliphatic rings. The van der Waals surface area contributed by atoms with Crippen LogP contribution in [0.1, 0.15) is 133 Å². The molecule has 29 heavy (non-hydrogen) atoms. The summed E-state index contributed by atoms with van der Waals surface area (Å²) >= 11 is 0. The van der Waals surface area contributed by atoms with Crippen molar-refractivity contribution < 1.29 is 9.90 Å². The van der Waals surface area contributed by atoms with Gasteiger partial charge < -0.3 is 10.8 Å². The van der Waals surface area contributed by atoms with Crippen LogP contribution in [0.2, 0.25) is 0 Å². The number of carbonyl (C=O) groups is 1. The second-order valence-electron chi connectivity index (χ2n) is 8.20. The predicted octanol–water partition coefficient (Wildman–Crippen LogP) is 8.62. The second-order valence-corrected chi connectivity index (χ2v) is 8.20. The van der Waals surface area contributed by atoms with E-state index >= 15 is 0 Å². The topological polar surface area (TPSA) is 63.3 Å². The van der Waals surface area contributed by atoms with Crippen LogP contribution >= 0.6 is 0 Å². The molecule has 0 aromatic heterocycles. The van der Waals surface area contributed by atoms with Crippen LogP contribution in [0.4, 0.5) is 5.69 Å². The van der Waals surface area contributed by atoms with E-state index in [0.29, 0.717) is 5.69 Å². The lowest BCUT2D eigenvalue weighted by molar-refractivity contribution is 0.0698. The van der Waals surface area contributed by atoms with E-state index in [1.54, 1.807) is 18.2 Å². The summed E-state index contributed by atoms with van der Waals surface area (Å²) in [6.07, 6.45) is 24.9. The van der Waals surface area contributed by atoms with E-state index < -0.39 is 5.97 Å². The molecule has 0 saturated heterocycles. The van der Waals surface area contributed by atoms with Crippen molar-refractivity contribution in [3.8, 4) is 0 Å². The molecule has 1 aromatic rings. The molecular weight excluding hydrogens is 358 g/mol. The van der Waals surface area contributed by atoms with Crippen molar-refractivity contribution >= 4 is 11.7 Å². The van der Waals surface area contributed by atoms with Crippen LogP contribution in [0.3, 0.4) is 0 Å². The summed E-state index contributed by atoms with van der Waals surface area (Å²) in [6.45, 7) is 4.59. The van der Waals surface area contributed by atoms with E-state index in [1.807, 2.05) is 0 Å². The number of benzene rings is 1. The molecule has 0 radical (unpaired) electrons. The Kier molecular flexibility index (Phi) is 20.1. The number of anilines is 1. The third kappa shape index (κ3) is 18.3. The molecule has 0 saturated carbocycles. The van der Waals surface area contributed by atoms with Gasteiger partial charge in [0.15, 0.2) is 0 Å². The van der Waals surface area contributed by atoms with Gasteiger partial charge in [-0.2, -0.15) is 0 Å². The maximum absolute atomic E-state index is 10.3. The minimum absolute atomic E-state index is 0.155. The number of rotatable bonds is 17. The smallest absolute Gasteiger partial charge is 0.337 e. The van der Waals surface area contributed by atoms with E-state index in [9.17, 15) is 4.79 Å². The Labute approximate surface area is 180 Å². The van der Waals surface area contributed by atoms with Gasteiger partial charge in [0.1, 0.15) is 0 Å². The summed E-state index contributed by atoms with van der Waals surface area (Å²) in [5, 5.41) is 8.49. The SMILES string of the molecule is CCCCCCCCCCCCCCCCCCC.Nc1ccccc1C(=O)O. The first-order chi connectivity index (χ1) is 14.1. The highest BCUT2D eigenvalue weighted by molar-refractivity contribution is 5.93. The molecular formula is C26H47NO2. The maximum atomic E-state index is 10.3. The zero-order valence-electron chi connectivity index (χ0n) is 19.3. The highest BCUT2D eigenvalue weighted by Gasteiger charge is 2.03. The van der Waals surface area contributed by atoms with E-state index in [0.717, 1.165) is 0 Å². The zero-order chi connectivity index (χ0) is 21.6. The molecule has 0 spiro atoms. The Hall–Kier alpha value is -1.51. The van der Waals surface area contributed by atoms with Crippen molar-refractivity contribution in [3.63, 3.8) is 0 Å². The molecule has 0 heterocycles. The summed E-state index contributed by atoms with van der Waals surface area (Å²) in [5.41, 5.74) is 5.80. The molecule has 168 valence electrons. The molecule has 0 aliphatic heterocycles. The molecule has 3 nitrogen and oxygen atoms in total. The summed E-state index contributed by atoms with van der Waals surface area (Å²) in [5.74, 6) is -0.988. The van der Waals surface area contributed by atoms with Gasteiger partial charge in [-0.3, -0.25) is 0 Å². The van der Waals surface area contributed by atoms with Crippen LogP contribution in [0.15, 0.2) is 24.3 Å². The van der Waals surface area contributed by atoms with Crippen molar-refractivity contribution in [3.05, 3.63) is 29.8 Å². The fourth-order valence-electron chi connectivity index (χ4n) is 3.49. The lowest BCUT2D eigenvalue weighted by Crippen LogP contribution is -2.00. The largest absolute Gasteiger partial charge is 0.478 e. The van der Waals surface area contributed by atoms with Gasteiger partial charge in [0, 0.05) is 5.69 Å². The van der Waals surface area contributed by atoms with E-state index in [2.05, 4.69) is 13.8 Å². The molecule has 0 fully saturated rings. The van der Waals surface area contributed by atoms with Gasteiger partial charge in [-0.05, 0) is 12.1 Å². The monoisotopic (exact) mass is 405 g/mol. The Morgan fingerprint density at radius 1 is 0.655 bits per heavy atom. The predicted molar refractivity (Wildman–Crippen MR) is 128 cm³/mol. The molecule has 3 heteroatoms. The maximum Gasteiger partial charge on any atom is 0.337 e. The summed E-state index contributed by atoms with van der Waals surface area (Å²) in [4.78, 5) is 10.3. The molecule has 3 N–H and O–H groups in total. The van der Waals surface area contributed by atoms with Crippen LogP contribution in [0, 0.1) is 0 Å². The number of hydrogen-bond donors (Lipinski definition) is 2. The number of para-hydroxylation sites is 1. The Morgan fingerprint density at radius 2 is 0.966 bits per heavy atom. The van der Waals surface area contributed by atoms with Crippen molar-refractivity contribution in [2.45, 2.75) is 123 Å². The molecule has 0 aliphatic carbocycles. The third-order valence-corrected chi connectivity index (χ3v) is 5.40. The average molecular weight is 406 g/mol. The molecule has 0 bridgehead atoms. The van der Waals surface area contributed by atoms with Gasteiger partial charge in [-0.1, -0.05) is 135 Å². The minimum atomic E-state index is -0.988. The van der Waals surface area contributed by atoms with E-state index in [4.69, 9.17) is 10.8 Å². The Bertz CT molecular complexity index is 471. The van der Waals surface area contributed by atoms with Gasteiger partial charge >= 0.3 is 5.97 Å². The van der Waals surface area contributed by atoms with Crippen LogP contribution < -0.4 is 5.73 Å². The Balaban J connectivity index is 0.000000651. The lowest BCUT2D eigenvalue weighted by atomic mass is 10.0. The number of aromatic carboxylic acids is 1. The molecule has 1 rings (SSSR count). The molecule has 0 unspecified atom stereocenters. The second kappa shape index (κ2) is 21.2. The van der Waals surface area contributed by atoms with Crippen molar-refractivity contribution in [1.82, 2.24) is 0 Å². The van der Waals surface area contributed by atoms with Crippen LogP contribution in [0.5, 0.6) is 0 Å².